The molecule has 5 nitrogen and oxygen atoms in total. The van der Waals surface area contributed by atoms with Crippen molar-refractivity contribution in [1.29, 1.82) is 0 Å². The van der Waals surface area contributed by atoms with Gasteiger partial charge in [0.15, 0.2) is 0 Å². The quantitative estimate of drug-likeness (QED) is 0.606. The van der Waals surface area contributed by atoms with Gasteiger partial charge in [-0.25, -0.2) is 9.59 Å². The molecule has 7 heteroatoms. The molecule has 1 aliphatic carbocycles. The van der Waals surface area contributed by atoms with E-state index in [-0.39, 0.29) is 0 Å². The number of benzene rings is 2. The Kier molecular flexibility index (Phi) is 8.04. The van der Waals surface area contributed by atoms with Gasteiger partial charge in [-0.15, -0.1) is 23.5 Å². The first kappa shape index (κ1) is 24.2. The molecule has 3 aliphatic rings. The number of rotatable bonds is 4. The van der Waals surface area contributed by atoms with Gasteiger partial charge in [-0.05, 0) is 67.8 Å². The Bertz CT molecular complexity index is 950. The smallest absolute Gasteiger partial charge is 0.414 e. The fourth-order valence-corrected chi connectivity index (χ4v) is 8.97. The van der Waals surface area contributed by atoms with Gasteiger partial charge in [0.1, 0.15) is 0 Å². The predicted molar refractivity (Wildman–Crippen MR) is 135 cm³/mol. The number of thioether (sulfide) groups is 2. The van der Waals surface area contributed by atoms with Crippen LogP contribution in [0.2, 0.25) is 0 Å². The van der Waals surface area contributed by atoms with Crippen LogP contribution in [0.1, 0.15) is 36.0 Å². The van der Waals surface area contributed by atoms with Crippen molar-refractivity contribution in [3.05, 3.63) is 71.3 Å². The number of hydrogen-bond acceptors (Lipinski definition) is 5. The van der Waals surface area contributed by atoms with Crippen molar-refractivity contribution in [2.45, 2.75) is 41.4 Å². The third-order valence-electron chi connectivity index (χ3n) is 6.73. The molecular formula is C26H31NO4S2. The average Bonchev–Trinajstić information content (AvgIpc) is 3.40. The standard InChI is InChI=1S/C24H29NS2.C2H2O4/c1-2-6-19(7-3-1)16-20-11-14-25(15-12-20)17-22-18-26-24(27-22)13-10-21-8-4-5-9-23(21)24;3-1(4)2(5)6/h1-9,20,22H,10-18H2;(H,3,4)(H,5,6)/t22-,24+;/m0./s1. The second kappa shape index (κ2) is 11.0. The summed E-state index contributed by atoms with van der Waals surface area (Å²) in [6, 6.07) is 20.2. The maximum Gasteiger partial charge on any atom is 0.414 e. The number of carbonyl (C=O) groups is 2. The molecule has 5 rings (SSSR count). The van der Waals surface area contributed by atoms with Crippen LogP contribution in [0.15, 0.2) is 54.6 Å². The number of hydrogen-bond donors (Lipinski definition) is 2. The molecule has 2 atom stereocenters. The van der Waals surface area contributed by atoms with Crippen molar-refractivity contribution >= 4 is 35.5 Å². The van der Waals surface area contributed by atoms with Crippen LogP contribution in [-0.4, -0.2) is 57.7 Å². The van der Waals surface area contributed by atoms with Gasteiger partial charge in [-0.3, -0.25) is 0 Å². The molecule has 2 N–H and O–H groups in total. The first-order valence-electron chi connectivity index (χ1n) is 11.6. The Morgan fingerprint density at radius 3 is 2.33 bits per heavy atom. The summed E-state index contributed by atoms with van der Waals surface area (Å²) in [6.07, 6.45) is 6.61. The van der Waals surface area contributed by atoms with Gasteiger partial charge in [0, 0.05) is 17.5 Å². The van der Waals surface area contributed by atoms with E-state index in [1.165, 1.54) is 63.1 Å². The lowest BCUT2D eigenvalue weighted by atomic mass is 9.90. The Labute approximate surface area is 204 Å². The first-order valence-corrected chi connectivity index (χ1v) is 13.4. The molecule has 2 heterocycles. The van der Waals surface area contributed by atoms with E-state index in [0.717, 1.165) is 11.2 Å². The van der Waals surface area contributed by atoms with E-state index < -0.39 is 11.9 Å². The predicted octanol–water partition coefficient (Wildman–Crippen LogP) is 4.74. The van der Waals surface area contributed by atoms with Gasteiger partial charge in [0.25, 0.3) is 0 Å². The third kappa shape index (κ3) is 6.14. The molecule has 0 bridgehead atoms. The number of likely N-dealkylation sites (tertiary alicyclic amines) is 1. The maximum atomic E-state index is 9.10. The molecule has 0 aromatic heterocycles. The van der Waals surface area contributed by atoms with Crippen molar-refractivity contribution < 1.29 is 19.8 Å². The van der Waals surface area contributed by atoms with Crippen LogP contribution in [0.4, 0.5) is 0 Å². The van der Waals surface area contributed by atoms with E-state index in [1.807, 2.05) is 0 Å². The number of aliphatic carboxylic acids is 2. The fourth-order valence-electron chi connectivity index (χ4n) is 5.08. The Morgan fingerprint density at radius 1 is 0.970 bits per heavy atom. The van der Waals surface area contributed by atoms with Crippen molar-refractivity contribution in [2.24, 2.45) is 5.92 Å². The largest absolute Gasteiger partial charge is 0.473 e. The molecule has 176 valence electrons. The van der Waals surface area contributed by atoms with Crippen molar-refractivity contribution in [1.82, 2.24) is 4.90 Å². The molecule has 2 aromatic rings. The van der Waals surface area contributed by atoms with Crippen LogP contribution < -0.4 is 0 Å². The fraction of sp³-hybridized carbons (Fsp3) is 0.462. The minimum absolute atomic E-state index is 0.368. The summed E-state index contributed by atoms with van der Waals surface area (Å²) < 4.78 is 0.368. The maximum absolute atomic E-state index is 9.10. The van der Waals surface area contributed by atoms with Gasteiger partial charge in [0.2, 0.25) is 0 Å². The van der Waals surface area contributed by atoms with Gasteiger partial charge in [0.05, 0.1) is 4.08 Å². The zero-order valence-electron chi connectivity index (χ0n) is 18.7. The lowest BCUT2D eigenvalue weighted by Gasteiger charge is -2.33. The molecular weight excluding hydrogens is 454 g/mol. The zero-order valence-corrected chi connectivity index (χ0v) is 20.3. The highest BCUT2D eigenvalue weighted by Gasteiger charge is 2.46. The van der Waals surface area contributed by atoms with Crippen LogP contribution in [0.25, 0.3) is 0 Å². The number of aryl methyl sites for hydroxylation is 1. The molecule has 2 fully saturated rings. The van der Waals surface area contributed by atoms with Crippen LogP contribution in [0.3, 0.4) is 0 Å². The van der Waals surface area contributed by atoms with E-state index in [1.54, 1.807) is 11.1 Å². The average molecular weight is 486 g/mol. The van der Waals surface area contributed by atoms with Crippen LogP contribution in [0.5, 0.6) is 0 Å². The third-order valence-corrected chi connectivity index (χ3v) is 10.5. The highest BCUT2D eigenvalue weighted by atomic mass is 32.2. The molecule has 2 aliphatic heterocycles. The van der Waals surface area contributed by atoms with E-state index in [4.69, 9.17) is 19.8 Å². The van der Waals surface area contributed by atoms with Crippen LogP contribution in [-0.2, 0) is 26.5 Å². The van der Waals surface area contributed by atoms with Gasteiger partial charge in [-0.1, -0.05) is 54.6 Å². The van der Waals surface area contributed by atoms with E-state index >= 15 is 0 Å². The van der Waals surface area contributed by atoms with Crippen LogP contribution in [0, 0.1) is 5.92 Å². The monoisotopic (exact) mass is 485 g/mol. The van der Waals surface area contributed by atoms with E-state index in [9.17, 15) is 0 Å². The van der Waals surface area contributed by atoms with Crippen molar-refractivity contribution in [2.75, 3.05) is 25.4 Å². The highest BCUT2D eigenvalue weighted by molar-refractivity contribution is 8.21. The molecule has 33 heavy (non-hydrogen) atoms. The molecule has 1 spiro atoms. The highest BCUT2D eigenvalue weighted by Crippen LogP contribution is 2.61. The second-order valence-corrected chi connectivity index (χ2v) is 12.2. The summed E-state index contributed by atoms with van der Waals surface area (Å²) in [5.41, 5.74) is 4.74. The summed E-state index contributed by atoms with van der Waals surface area (Å²) in [6.45, 7) is 3.88. The van der Waals surface area contributed by atoms with Crippen LogP contribution >= 0.6 is 23.5 Å². The summed E-state index contributed by atoms with van der Waals surface area (Å²) in [5, 5.41) is 15.6. The topological polar surface area (TPSA) is 77.8 Å². The normalized spacial score (nSPS) is 24.8. The molecule has 0 radical (unpaired) electrons. The summed E-state index contributed by atoms with van der Waals surface area (Å²) >= 11 is 4.51. The second-order valence-electron chi connectivity index (χ2n) is 9.00. The number of nitrogens with zero attached hydrogens (tertiary/aromatic N) is 1. The minimum Gasteiger partial charge on any atom is -0.473 e. The summed E-state index contributed by atoms with van der Waals surface area (Å²) in [4.78, 5) is 20.9. The number of carboxylic acid groups (broad SMARTS) is 2. The summed E-state index contributed by atoms with van der Waals surface area (Å²) in [5.74, 6) is -1.45. The molecule has 2 aromatic carbocycles. The Balaban J connectivity index is 0.000000385. The number of piperidine rings is 1. The Morgan fingerprint density at radius 2 is 1.64 bits per heavy atom. The van der Waals surface area contributed by atoms with E-state index in [2.05, 4.69) is 83.0 Å². The Hall–Kier alpha value is -1.96. The molecule has 0 saturated carbocycles. The SMILES string of the molecule is O=C(O)C(=O)O.c1ccc(CC2CCN(C[C@H]3CS[C@]4(CCc5ccccc54)S3)CC2)cc1. The summed E-state index contributed by atoms with van der Waals surface area (Å²) in [7, 11) is 0. The van der Waals surface area contributed by atoms with Gasteiger partial charge < -0.3 is 15.1 Å². The van der Waals surface area contributed by atoms with Crippen molar-refractivity contribution in [3.8, 4) is 0 Å². The zero-order chi connectivity index (χ0) is 23.3. The first-order chi connectivity index (χ1) is 15.9. The van der Waals surface area contributed by atoms with Crippen molar-refractivity contribution in [3.63, 3.8) is 0 Å². The lowest BCUT2D eigenvalue weighted by molar-refractivity contribution is -0.159. The van der Waals surface area contributed by atoms with E-state index in [0.29, 0.717) is 4.08 Å². The number of carboxylic acids is 2. The number of fused-ring (bicyclic) bond motifs is 2. The van der Waals surface area contributed by atoms with Gasteiger partial charge >= 0.3 is 11.9 Å². The van der Waals surface area contributed by atoms with Gasteiger partial charge in [-0.2, -0.15) is 0 Å². The minimum atomic E-state index is -1.82. The molecule has 0 amide bonds. The molecule has 2 saturated heterocycles. The molecule has 0 unspecified atom stereocenters. The lowest BCUT2D eigenvalue weighted by Crippen LogP contribution is -2.38.